The smallest absolute Gasteiger partial charge is 0.255 e. The van der Waals surface area contributed by atoms with Gasteiger partial charge in [0.05, 0.1) is 30.5 Å². The summed E-state index contributed by atoms with van der Waals surface area (Å²) in [5, 5.41) is 8.56. The predicted octanol–water partition coefficient (Wildman–Crippen LogP) is 4.51. The molecule has 5 aromatic rings. The zero-order valence-corrected chi connectivity index (χ0v) is 23.2. The zero-order valence-electron chi connectivity index (χ0n) is 23.2. The van der Waals surface area contributed by atoms with Crippen LogP contribution in [0.2, 0.25) is 0 Å². The number of nitrogens with one attached hydrogen (secondary N) is 1. The van der Waals surface area contributed by atoms with E-state index in [4.69, 9.17) is 16.2 Å². The fourth-order valence-electron chi connectivity index (χ4n) is 5.63. The Hall–Kier alpha value is -4.47. The number of fused-ring (bicyclic) bond motifs is 1. The van der Waals surface area contributed by atoms with Crippen molar-refractivity contribution >= 4 is 22.6 Å². The lowest BCUT2D eigenvalue weighted by molar-refractivity contribution is 0.0272. The second kappa shape index (κ2) is 11.6. The molecule has 0 aliphatic heterocycles. The van der Waals surface area contributed by atoms with Gasteiger partial charge in [0.1, 0.15) is 5.82 Å². The molecule has 2 aromatic carbocycles. The van der Waals surface area contributed by atoms with Crippen LogP contribution < -0.4 is 16.8 Å². The molecule has 9 heteroatoms. The molecule has 3 aromatic heterocycles. The standard InChI is InChI=1S/C32H35N7O2/c1-38-19-26(18-36-38)25-16-27(31(34)35-17-25)32(40)37-28-3-2-4-30(28)41-20-21-5-7-22(8-6-21)23-9-10-29-24(15-23)11-13-39(29)14-12-33/h5-11,13,15-19,28,30H,2-4,12,14,20,33H2,1H3,(H2,34,35)(H,37,40)/t28-,30-/m0/s1. The van der Waals surface area contributed by atoms with Gasteiger partial charge < -0.3 is 26.1 Å². The minimum Gasteiger partial charge on any atom is -0.383 e. The molecule has 0 radical (unpaired) electrons. The van der Waals surface area contributed by atoms with Crippen LogP contribution >= 0.6 is 0 Å². The van der Waals surface area contributed by atoms with E-state index in [1.54, 1.807) is 23.1 Å². The third-order valence-corrected chi connectivity index (χ3v) is 7.86. The molecular formula is C32H35N7O2. The second-order valence-electron chi connectivity index (χ2n) is 10.7. The van der Waals surface area contributed by atoms with E-state index in [2.05, 4.69) is 74.7 Å². The third-order valence-electron chi connectivity index (χ3n) is 7.86. The van der Waals surface area contributed by atoms with Gasteiger partial charge >= 0.3 is 0 Å². The van der Waals surface area contributed by atoms with E-state index >= 15 is 0 Å². The minimum absolute atomic E-state index is 0.0609. The van der Waals surface area contributed by atoms with Crippen LogP contribution in [0.4, 0.5) is 5.82 Å². The summed E-state index contributed by atoms with van der Waals surface area (Å²) in [7, 11) is 1.85. The normalized spacial score (nSPS) is 16.8. The molecule has 1 fully saturated rings. The van der Waals surface area contributed by atoms with Crippen molar-refractivity contribution in [1.82, 2.24) is 24.6 Å². The van der Waals surface area contributed by atoms with Gasteiger partial charge in [0.2, 0.25) is 0 Å². The maximum absolute atomic E-state index is 13.2. The van der Waals surface area contributed by atoms with E-state index < -0.39 is 0 Å². The number of aryl methyl sites for hydroxylation is 1. The number of rotatable bonds is 9. The number of carbonyl (C=O) groups excluding carboxylic acids is 1. The highest BCUT2D eigenvalue weighted by molar-refractivity contribution is 5.99. The molecule has 3 heterocycles. The third kappa shape index (κ3) is 5.73. The first-order valence-corrected chi connectivity index (χ1v) is 14.0. The fraction of sp³-hybridized carbons (Fsp3) is 0.281. The average Bonchev–Trinajstić information content (AvgIpc) is 3.73. The van der Waals surface area contributed by atoms with Crippen LogP contribution in [0.3, 0.4) is 0 Å². The number of aromatic nitrogens is 4. The number of benzene rings is 2. The topological polar surface area (TPSA) is 126 Å². The summed E-state index contributed by atoms with van der Waals surface area (Å²) >= 11 is 0. The SMILES string of the molecule is Cn1cc(-c2cnc(N)c(C(=O)N[C@H]3CCC[C@@H]3OCc3ccc(-c4ccc5c(ccn5CCN)c4)cc3)c2)cn1. The lowest BCUT2D eigenvalue weighted by Gasteiger charge is -2.22. The zero-order chi connectivity index (χ0) is 28.3. The van der Waals surface area contributed by atoms with Crippen molar-refractivity contribution in [3.05, 3.63) is 90.5 Å². The first-order chi connectivity index (χ1) is 20.0. The maximum atomic E-state index is 13.2. The quantitative estimate of drug-likeness (QED) is 0.248. The lowest BCUT2D eigenvalue weighted by atomic mass is 10.0. The summed E-state index contributed by atoms with van der Waals surface area (Å²) in [6.07, 6.45) is 10.1. The molecule has 6 rings (SSSR count). The molecule has 5 N–H and O–H groups in total. The summed E-state index contributed by atoms with van der Waals surface area (Å²) in [5.41, 5.74) is 18.5. The number of amides is 1. The number of nitrogens with two attached hydrogens (primary N) is 2. The molecule has 0 unspecified atom stereocenters. The first-order valence-electron chi connectivity index (χ1n) is 14.0. The molecule has 1 amide bonds. The summed E-state index contributed by atoms with van der Waals surface area (Å²) in [5.74, 6) is -0.0288. The van der Waals surface area contributed by atoms with Crippen LogP contribution in [-0.2, 0) is 24.9 Å². The Morgan fingerprint density at radius 2 is 1.85 bits per heavy atom. The predicted molar refractivity (Wildman–Crippen MR) is 161 cm³/mol. The van der Waals surface area contributed by atoms with Crippen LogP contribution in [0, 0.1) is 0 Å². The summed E-state index contributed by atoms with van der Waals surface area (Å²) in [4.78, 5) is 17.5. The van der Waals surface area contributed by atoms with E-state index in [1.807, 2.05) is 13.2 Å². The highest BCUT2D eigenvalue weighted by atomic mass is 16.5. The fourth-order valence-corrected chi connectivity index (χ4v) is 5.63. The summed E-state index contributed by atoms with van der Waals surface area (Å²) in [6.45, 7) is 1.92. The van der Waals surface area contributed by atoms with Crippen LogP contribution in [0.1, 0.15) is 35.2 Å². The van der Waals surface area contributed by atoms with E-state index in [0.29, 0.717) is 18.7 Å². The maximum Gasteiger partial charge on any atom is 0.255 e. The molecule has 1 aliphatic carbocycles. The second-order valence-corrected chi connectivity index (χ2v) is 10.7. The number of anilines is 1. The van der Waals surface area contributed by atoms with E-state index in [1.165, 1.54) is 16.5 Å². The lowest BCUT2D eigenvalue weighted by Crippen LogP contribution is -2.41. The van der Waals surface area contributed by atoms with E-state index in [-0.39, 0.29) is 23.9 Å². The molecule has 0 bridgehead atoms. The number of hydrogen-bond acceptors (Lipinski definition) is 6. The van der Waals surface area contributed by atoms with Crippen LogP contribution in [0.25, 0.3) is 33.2 Å². The van der Waals surface area contributed by atoms with Crippen molar-refractivity contribution in [3.8, 4) is 22.3 Å². The minimum atomic E-state index is -0.235. The summed E-state index contributed by atoms with van der Waals surface area (Å²) in [6, 6.07) is 18.8. The van der Waals surface area contributed by atoms with Crippen molar-refractivity contribution in [2.75, 3.05) is 12.3 Å². The van der Waals surface area contributed by atoms with Crippen LogP contribution in [0.5, 0.6) is 0 Å². The highest BCUT2D eigenvalue weighted by Crippen LogP contribution is 2.28. The monoisotopic (exact) mass is 549 g/mol. The van der Waals surface area contributed by atoms with Crippen molar-refractivity contribution in [2.45, 2.75) is 44.6 Å². The number of carbonyl (C=O) groups is 1. The Bertz CT molecular complexity index is 1670. The van der Waals surface area contributed by atoms with Crippen molar-refractivity contribution < 1.29 is 9.53 Å². The molecule has 41 heavy (non-hydrogen) atoms. The van der Waals surface area contributed by atoms with E-state index in [0.717, 1.165) is 48.1 Å². The number of nitrogens with zero attached hydrogens (tertiary/aromatic N) is 4. The van der Waals surface area contributed by atoms with Gasteiger partial charge in [0.15, 0.2) is 0 Å². The number of hydrogen-bond donors (Lipinski definition) is 3. The van der Waals surface area contributed by atoms with Gasteiger partial charge in [0.25, 0.3) is 5.91 Å². The molecule has 2 atom stereocenters. The van der Waals surface area contributed by atoms with Crippen LogP contribution in [-0.4, -0.2) is 43.9 Å². The van der Waals surface area contributed by atoms with E-state index in [9.17, 15) is 4.79 Å². The van der Waals surface area contributed by atoms with Gasteiger partial charge in [-0.1, -0.05) is 30.3 Å². The Balaban J connectivity index is 1.08. The van der Waals surface area contributed by atoms with Gasteiger partial charge in [-0.25, -0.2) is 4.98 Å². The van der Waals surface area contributed by atoms with Crippen molar-refractivity contribution in [1.29, 1.82) is 0 Å². The number of ether oxygens (including phenoxy) is 1. The average molecular weight is 550 g/mol. The van der Waals surface area contributed by atoms with Crippen molar-refractivity contribution in [3.63, 3.8) is 0 Å². The number of pyridine rings is 1. The molecule has 0 spiro atoms. The largest absolute Gasteiger partial charge is 0.383 e. The Morgan fingerprint density at radius 1 is 1.02 bits per heavy atom. The molecule has 210 valence electrons. The highest BCUT2D eigenvalue weighted by Gasteiger charge is 2.30. The van der Waals surface area contributed by atoms with Crippen LogP contribution in [0.15, 0.2) is 79.4 Å². The molecule has 0 saturated heterocycles. The first kappa shape index (κ1) is 26.7. The Morgan fingerprint density at radius 3 is 2.63 bits per heavy atom. The molecular weight excluding hydrogens is 514 g/mol. The van der Waals surface area contributed by atoms with Gasteiger partial charge in [-0.3, -0.25) is 9.48 Å². The summed E-state index contributed by atoms with van der Waals surface area (Å²) < 4.78 is 10.2. The van der Waals surface area contributed by atoms with Gasteiger partial charge in [-0.2, -0.15) is 5.10 Å². The molecule has 9 nitrogen and oxygen atoms in total. The Kier molecular flexibility index (Phi) is 7.54. The van der Waals surface area contributed by atoms with Crippen molar-refractivity contribution in [2.24, 2.45) is 12.8 Å². The van der Waals surface area contributed by atoms with Gasteiger partial charge in [-0.15, -0.1) is 0 Å². The number of nitrogen functional groups attached to an aromatic ring is 1. The Labute approximate surface area is 239 Å². The van der Waals surface area contributed by atoms with Gasteiger partial charge in [0, 0.05) is 60.8 Å². The molecule has 1 saturated carbocycles. The molecule has 1 aliphatic rings. The van der Waals surface area contributed by atoms with Gasteiger partial charge in [-0.05, 0) is 60.2 Å².